The van der Waals surface area contributed by atoms with Gasteiger partial charge in [0.1, 0.15) is 17.8 Å². The molecule has 4 aromatic rings. The van der Waals surface area contributed by atoms with Crippen LogP contribution in [0.25, 0.3) is 10.9 Å². The SMILES string of the molecule is N[C@@H](Cc1c[nH]c2ccccc12)C(=O)N[C@@H](Cc1ccccc1)C(=O)N[C@@H](Cc1ccc(O)cc1)C(=O)O. The van der Waals surface area contributed by atoms with Gasteiger partial charge < -0.3 is 31.6 Å². The molecule has 0 saturated heterocycles. The Kier molecular flexibility index (Phi) is 8.40. The Hall–Kier alpha value is -4.63. The van der Waals surface area contributed by atoms with Crippen LogP contribution >= 0.6 is 0 Å². The summed E-state index contributed by atoms with van der Waals surface area (Å²) in [6, 6.07) is 19.7. The van der Waals surface area contributed by atoms with Gasteiger partial charge >= 0.3 is 5.97 Å². The smallest absolute Gasteiger partial charge is 0.326 e. The molecule has 9 nitrogen and oxygen atoms in total. The molecule has 38 heavy (non-hydrogen) atoms. The maximum absolute atomic E-state index is 13.3. The summed E-state index contributed by atoms with van der Waals surface area (Å²) in [5, 5.41) is 25.5. The Balaban J connectivity index is 1.48. The van der Waals surface area contributed by atoms with Gasteiger partial charge in [0.05, 0.1) is 6.04 Å². The van der Waals surface area contributed by atoms with Crippen LogP contribution in [0.3, 0.4) is 0 Å². The van der Waals surface area contributed by atoms with E-state index in [1.54, 1.807) is 12.1 Å². The largest absolute Gasteiger partial charge is 0.508 e. The molecule has 196 valence electrons. The number of phenols is 1. The number of amides is 2. The first kappa shape index (κ1) is 26.4. The van der Waals surface area contributed by atoms with Crippen molar-refractivity contribution in [3.05, 3.63) is 102 Å². The number of nitrogens with two attached hydrogens (primary N) is 1. The molecule has 3 atom stereocenters. The lowest BCUT2D eigenvalue weighted by molar-refractivity contribution is -0.142. The summed E-state index contributed by atoms with van der Waals surface area (Å²) >= 11 is 0. The van der Waals surface area contributed by atoms with E-state index in [2.05, 4.69) is 15.6 Å². The van der Waals surface area contributed by atoms with Crippen LogP contribution in [0.4, 0.5) is 0 Å². The van der Waals surface area contributed by atoms with Crippen LogP contribution in [-0.4, -0.2) is 51.1 Å². The summed E-state index contributed by atoms with van der Waals surface area (Å²) in [5.74, 6) is -2.31. The topological polar surface area (TPSA) is 158 Å². The van der Waals surface area contributed by atoms with Gasteiger partial charge in [-0.1, -0.05) is 60.7 Å². The highest BCUT2D eigenvalue weighted by Crippen LogP contribution is 2.19. The minimum absolute atomic E-state index is 0.00738. The normalized spacial score (nSPS) is 13.4. The molecule has 0 bridgehead atoms. The van der Waals surface area contributed by atoms with Gasteiger partial charge in [0.2, 0.25) is 11.8 Å². The lowest BCUT2D eigenvalue weighted by Crippen LogP contribution is -2.55. The monoisotopic (exact) mass is 514 g/mol. The number of aromatic amines is 1. The minimum Gasteiger partial charge on any atom is -0.508 e. The van der Waals surface area contributed by atoms with Crippen LogP contribution in [0, 0.1) is 0 Å². The van der Waals surface area contributed by atoms with Gasteiger partial charge in [-0.3, -0.25) is 9.59 Å². The second-order valence-corrected chi connectivity index (χ2v) is 9.19. The molecule has 0 spiro atoms. The molecule has 1 heterocycles. The third-order valence-electron chi connectivity index (χ3n) is 6.36. The predicted molar refractivity (Wildman–Crippen MR) is 143 cm³/mol. The molecule has 0 radical (unpaired) electrons. The number of hydrogen-bond donors (Lipinski definition) is 6. The van der Waals surface area contributed by atoms with Crippen LogP contribution in [0.5, 0.6) is 5.75 Å². The van der Waals surface area contributed by atoms with Gasteiger partial charge in [0.25, 0.3) is 0 Å². The van der Waals surface area contributed by atoms with Gasteiger partial charge in [0.15, 0.2) is 0 Å². The van der Waals surface area contributed by atoms with Crippen molar-refractivity contribution in [2.24, 2.45) is 5.73 Å². The number of carboxylic acid groups (broad SMARTS) is 1. The van der Waals surface area contributed by atoms with Crippen molar-refractivity contribution in [2.75, 3.05) is 0 Å². The zero-order valence-electron chi connectivity index (χ0n) is 20.6. The van der Waals surface area contributed by atoms with E-state index in [9.17, 15) is 24.6 Å². The molecular formula is C29H30N4O5. The number of fused-ring (bicyclic) bond motifs is 1. The Morgan fingerprint density at radius 2 is 1.37 bits per heavy atom. The lowest BCUT2D eigenvalue weighted by atomic mass is 10.0. The van der Waals surface area contributed by atoms with E-state index in [4.69, 9.17) is 5.73 Å². The van der Waals surface area contributed by atoms with Crippen LogP contribution in [-0.2, 0) is 33.6 Å². The zero-order chi connectivity index (χ0) is 27.1. The third-order valence-corrected chi connectivity index (χ3v) is 6.36. The summed E-state index contributed by atoms with van der Waals surface area (Å²) in [6.45, 7) is 0. The first-order chi connectivity index (χ1) is 18.3. The maximum Gasteiger partial charge on any atom is 0.326 e. The standard InChI is InChI=1S/C29H30N4O5/c30-23(16-20-17-31-24-9-5-4-8-22(20)24)27(35)32-25(14-18-6-2-1-3-7-18)28(36)33-26(29(37)38)15-19-10-12-21(34)13-11-19/h1-13,17,23,25-26,31,34H,14-16,30H2,(H,32,35)(H,33,36)(H,37,38)/t23-,25-,26-/m0/s1. The van der Waals surface area contributed by atoms with Gasteiger partial charge in [-0.25, -0.2) is 4.79 Å². The van der Waals surface area contributed by atoms with Crippen molar-refractivity contribution in [2.45, 2.75) is 37.4 Å². The molecule has 0 unspecified atom stereocenters. The molecule has 4 rings (SSSR count). The number of hydrogen-bond acceptors (Lipinski definition) is 5. The van der Waals surface area contributed by atoms with Gasteiger partial charge in [-0.2, -0.15) is 0 Å². The van der Waals surface area contributed by atoms with Crippen molar-refractivity contribution in [3.8, 4) is 5.75 Å². The van der Waals surface area contributed by atoms with Gasteiger partial charge in [-0.15, -0.1) is 0 Å². The van der Waals surface area contributed by atoms with Crippen molar-refractivity contribution in [1.82, 2.24) is 15.6 Å². The zero-order valence-corrected chi connectivity index (χ0v) is 20.6. The number of carboxylic acids is 1. The highest BCUT2D eigenvalue weighted by Gasteiger charge is 2.28. The quantitative estimate of drug-likeness (QED) is 0.180. The van der Waals surface area contributed by atoms with Crippen LogP contribution < -0.4 is 16.4 Å². The Bertz CT molecular complexity index is 1400. The molecule has 2 amide bonds. The second kappa shape index (κ2) is 12.1. The molecule has 0 fully saturated rings. The average Bonchev–Trinajstić information content (AvgIpc) is 3.32. The number of aromatic nitrogens is 1. The van der Waals surface area contributed by atoms with E-state index in [-0.39, 0.29) is 25.0 Å². The lowest BCUT2D eigenvalue weighted by Gasteiger charge is -2.23. The molecule has 3 aromatic carbocycles. The van der Waals surface area contributed by atoms with E-state index in [1.165, 1.54) is 12.1 Å². The molecular weight excluding hydrogens is 484 g/mol. The van der Waals surface area contributed by atoms with E-state index < -0.39 is 35.9 Å². The molecule has 0 aliphatic heterocycles. The minimum atomic E-state index is -1.23. The number of carbonyl (C=O) groups excluding carboxylic acids is 2. The molecule has 9 heteroatoms. The molecule has 1 aromatic heterocycles. The number of aliphatic carboxylic acids is 1. The summed E-state index contributed by atoms with van der Waals surface area (Å²) in [4.78, 5) is 41.5. The first-order valence-electron chi connectivity index (χ1n) is 12.3. The fraction of sp³-hybridized carbons (Fsp3) is 0.207. The van der Waals surface area contributed by atoms with Crippen LogP contribution in [0.15, 0.2) is 85.1 Å². The molecule has 0 aliphatic carbocycles. The van der Waals surface area contributed by atoms with E-state index in [0.717, 1.165) is 22.0 Å². The fourth-order valence-electron chi connectivity index (χ4n) is 4.31. The third kappa shape index (κ3) is 6.77. The predicted octanol–water partition coefficient (Wildman–Crippen LogP) is 2.28. The van der Waals surface area contributed by atoms with Crippen molar-refractivity contribution >= 4 is 28.7 Å². The van der Waals surface area contributed by atoms with Crippen molar-refractivity contribution < 1.29 is 24.6 Å². The number of carbonyl (C=O) groups is 3. The summed E-state index contributed by atoms with van der Waals surface area (Å²) in [6.07, 6.45) is 2.23. The Labute approximate surface area is 219 Å². The maximum atomic E-state index is 13.3. The number of nitrogens with one attached hydrogen (secondary N) is 3. The molecule has 7 N–H and O–H groups in total. The number of rotatable bonds is 11. The highest BCUT2D eigenvalue weighted by molar-refractivity contribution is 5.92. The number of phenolic OH excluding ortho intramolecular Hbond substituents is 1. The van der Waals surface area contributed by atoms with Crippen molar-refractivity contribution in [3.63, 3.8) is 0 Å². The second-order valence-electron chi connectivity index (χ2n) is 9.19. The Morgan fingerprint density at radius 3 is 2.08 bits per heavy atom. The summed E-state index contributed by atoms with van der Waals surface area (Å²) in [7, 11) is 0. The van der Waals surface area contributed by atoms with Crippen molar-refractivity contribution in [1.29, 1.82) is 0 Å². The number of benzene rings is 3. The molecule has 0 saturated carbocycles. The average molecular weight is 515 g/mol. The number of aromatic hydroxyl groups is 1. The summed E-state index contributed by atoms with van der Waals surface area (Å²) in [5.41, 5.74) is 9.47. The number of para-hydroxylation sites is 1. The fourth-order valence-corrected chi connectivity index (χ4v) is 4.31. The van der Waals surface area contributed by atoms with E-state index >= 15 is 0 Å². The van der Waals surface area contributed by atoms with Gasteiger partial charge in [0, 0.05) is 29.9 Å². The number of H-pyrrole nitrogens is 1. The Morgan fingerprint density at radius 1 is 0.763 bits per heavy atom. The first-order valence-corrected chi connectivity index (χ1v) is 12.3. The van der Waals surface area contributed by atoms with Gasteiger partial charge in [-0.05, 0) is 41.3 Å². The van der Waals surface area contributed by atoms with Crippen LogP contribution in [0.2, 0.25) is 0 Å². The summed E-state index contributed by atoms with van der Waals surface area (Å²) < 4.78 is 0. The van der Waals surface area contributed by atoms with E-state index in [0.29, 0.717) is 5.56 Å². The molecule has 0 aliphatic rings. The van der Waals surface area contributed by atoms with E-state index in [1.807, 2.05) is 60.8 Å². The van der Waals surface area contributed by atoms with Crippen LogP contribution in [0.1, 0.15) is 16.7 Å². The highest BCUT2D eigenvalue weighted by atomic mass is 16.4.